The van der Waals surface area contributed by atoms with Crippen molar-refractivity contribution in [1.82, 2.24) is 26.6 Å². The predicted molar refractivity (Wildman–Crippen MR) is 119 cm³/mol. The first-order valence-corrected chi connectivity index (χ1v) is 10.4. The van der Waals surface area contributed by atoms with Crippen molar-refractivity contribution in [3.8, 4) is 11.8 Å². The van der Waals surface area contributed by atoms with Gasteiger partial charge in [-0.05, 0) is 35.7 Å². The van der Waals surface area contributed by atoms with Crippen molar-refractivity contribution in [2.75, 3.05) is 20.2 Å². The minimum absolute atomic E-state index is 0.119. The number of amides is 2. The summed E-state index contributed by atoms with van der Waals surface area (Å²) >= 11 is 0. The monoisotopic (exact) mass is 452 g/mol. The van der Waals surface area contributed by atoms with E-state index in [1.165, 1.54) is 31.5 Å². The van der Waals surface area contributed by atoms with Gasteiger partial charge in [0.25, 0.3) is 11.8 Å². The van der Waals surface area contributed by atoms with Gasteiger partial charge < -0.3 is 15.4 Å². The first kappa shape index (κ1) is 23.6. The van der Waals surface area contributed by atoms with Crippen molar-refractivity contribution in [2.24, 2.45) is 0 Å². The van der Waals surface area contributed by atoms with Gasteiger partial charge in [0.05, 0.1) is 25.3 Å². The molecule has 0 aromatic heterocycles. The van der Waals surface area contributed by atoms with Crippen LogP contribution in [0.2, 0.25) is 0 Å². The van der Waals surface area contributed by atoms with Crippen molar-refractivity contribution in [3.63, 3.8) is 0 Å². The molecule has 2 aromatic rings. The molecule has 2 aromatic carbocycles. The van der Waals surface area contributed by atoms with Crippen LogP contribution in [0.25, 0.3) is 0 Å². The molecule has 33 heavy (non-hydrogen) atoms. The smallest absolute Gasteiger partial charge is 0.271 e. The molecular weight excluding hydrogens is 427 g/mol. The van der Waals surface area contributed by atoms with Crippen LogP contribution in [0.4, 0.5) is 4.39 Å². The molecule has 0 saturated carbocycles. The molecule has 0 radical (unpaired) electrons. The molecule has 0 bridgehead atoms. The highest BCUT2D eigenvalue weighted by atomic mass is 19.1. The van der Waals surface area contributed by atoms with Gasteiger partial charge in [-0.15, -0.1) is 5.53 Å². The molecule has 9 nitrogen and oxygen atoms in total. The van der Waals surface area contributed by atoms with E-state index >= 15 is 0 Å². The fraction of sp³-hybridized carbons (Fsp3) is 0.261. The maximum absolute atomic E-state index is 13.9. The summed E-state index contributed by atoms with van der Waals surface area (Å²) in [5.41, 5.74) is 7.43. The molecule has 4 N–H and O–H groups in total. The summed E-state index contributed by atoms with van der Waals surface area (Å²) in [6.07, 6.45) is 2.40. The van der Waals surface area contributed by atoms with Gasteiger partial charge in [-0.3, -0.25) is 20.0 Å². The third kappa shape index (κ3) is 5.99. The normalized spacial score (nSPS) is 13.4. The highest BCUT2D eigenvalue weighted by Crippen LogP contribution is 2.17. The standard InChI is InChI=1S/C23H25FN6O3/c1-3-15-4-6-16(7-5-15)20(13-25)27-23(32)21-14-30(29-28-21)11-10-26-22(31)18-12-17(33-2)8-9-19(18)24/h4-9,12,14,20,28-29H,3,10-11H2,1-2H3,(H,26,31)(H,27,32). The molecule has 1 heterocycles. The topological polar surface area (TPSA) is 119 Å². The van der Waals surface area contributed by atoms with E-state index in [-0.39, 0.29) is 17.8 Å². The average molecular weight is 452 g/mol. The van der Waals surface area contributed by atoms with Gasteiger partial charge in [0.2, 0.25) is 0 Å². The first-order valence-electron chi connectivity index (χ1n) is 10.4. The van der Waals surface area contributed by atoms with E-state index in [9.17, 15) is 19.2 Å². The second-order valence-electron chi connectivity index (χ2n) is 7.21. The summed E-state index contributed by atoms with van der Waals surface area (Å²) in [6, 6.07) is 12.7. The number of carbonyl (C=O) groups is 2. The Kier molecular flexibility index (Phi) is 7.83. The zero-order valence-electron chi connectivity index (χ0n) is 18.3. The molecule has 2 amide bonds. The van der Waals surface area contributed by atoms with Crippen molar-refractivity contribution in [1.29, 1.82) is 5.26 Å². The lowest BCUT2D eigenvalue weighted by molar-refractivity contribution is -0.118. The maximum atomic E-state index is 13.9. The number of rotatable bonds is 9. The van der Waals surface area contributed by atoms with Gasteiger partial charge in [-0.2, -0.15) is 5.26 Å². The Bertz CT molecular complexity index is 1080. The molecule has 10 heteroatoms. The van der Waals surface area contributed by atoms with Crippen LogP contribution in [0.5, 0.6) is 5.75 Å². The van der Waals surface area contributed by atoms with Crippen LogP contribution in [0.15, 0.2) is 54.4 Å². The van der Waals surface area contributed by atoms with E-state index in [1.54, 1.807) is 5.01 Å². The lowest BCUT2D eigenvalue weighted by Gasteiger charge is -2.15. The lowest BCUT2D eigenvalue weighted by atomic mass is 10.0. The van der Waals surface area contributed by atoms with Crippen LogP contribution in [0.1, 0.15) is 34.5 Å². The van der Waals surface area contributed by atoms with E-state index in [0.29, 0.717) is 17.9 Å². The quantitative estimate of drug-likeness (QED) is 0.457. The minimum atomic E-state index is -0.794. The first-order chi connectivity index (χ1) is 15.9. The Balaban J connectivity index is 1.51. The number of hydrogen-bond donors (Lipinski definition) is 4. The molecule has 1 aliphatic rings. The summed E-state index contributed by atoms with van der Waals surface area (Å²) in [6.45, 7) is 2.51. The third-order valence-electron chi connectivity index (χ3n) is 5.05. The molecule has 3 rings (SSSR count). The van der Waals surface area contributed by atoms with Crippen molar-refractivity contribution in [3.05, 3.63) is 76.9 Å². The number of carbonyl (C=O) groups excluding carboxylic acids is 2. The van der Waals surface area contributed by atoms with Gasteiger partial charge in [0.15, 0.2) is 0 Å². The second-order valence-corrected chi connectivity index (χ2v) is 7.21. The molecule has 0 fully saturated rings. The van der Waals surface area contributed by atoms with E-state index in [2.05, 4.69) is 27.7 Å². The van der Waals surface area contributed by atoms with Crippen molar-refractivity contribution in [2.45, 2.75) is 19.4 Å². The van der Waals surface area contributed by atoms with Gasteiger partial charge >= 0.3 is 0 Å². The molecule has 172 valence electrons. The van der Waals surface area contributed by atoms with Gasteiger partial charge in [-0.25, -0.2) is 4.39 Å². The van der Waals surface area contributed by atoms with Crippen LogP contribution in [-0.2, 0) is 11.2 Å². The Morgan fingerprint density at radius 3 is 2.64 bits per heavy atom. The molecule has 1 aliphatic heterocycles. The molecule has 1 unspecified atom stereocenters. The molecular formula is C23H25FN6O3. The zero-order valence-corrected chi connectivity index (χ0v) is 18.3. The minimum Gasteiger partial charge on any atom is -0.497 e. The van der Waals surface area contributed by atoms with E-state index in [4.69, 9.17) is 4.74 Å². The maximum Gasteiger partial charge on any atom is 0.271 e. The predicted octanol–water partition coefficient (Wildman–Crippen LogP) is 1.67. The van der Waals surface area contributed by atoms with Crippen LogP contribution < -0.4 is 26.3 Å². The van der Waals surface area contributed by atoms with Crippen molar-refractivity contribution >= 4 is 11.8 Å². The number of nitrogens with zero attached hydrogens (tertiary/aromatic N) is 2. The van der Waals surface area contributed by atoms with Crippen molar-refractivity contribution < 1.29 is 18.7 Å². The van der Waals surface area contributed by atoms with Crippen LogP contribution in [0, 0.1) is 17.1 Å². The number of methoxy groups -OCH3 is 1. The number of benzene rings is 2. The summed E-state index contributed by atoms with van der Waals surface area (Å²) in [7, 11) is 1.43. The Morgan fingerprint density at radius 1 is 1.21 bits per heavy atom. The Labute approximate surface area is 191 Å². The number of aryl methyl sites for hydroxylation is 1. The van der Waals surface area contributed by atoms with Gasteiger partial charge in [0.1, 0.15) is 23.3 Å². The number of nitrogens with one attached hydrogen (secondary N) is 4. The largest absolute Gasteiger partial charge is 0.497 e. The van der Waals surface area contributed by atoms with Gasteiger partial charge in [-0.1, -0.05) is 31.2 Å². The van der Waals surface area contributed by atoms with E-state index in [0.717, 1.165) is 12.0 Å². The Morgan fingerprint density at radius 2 is 1.97 bits per heavy atom. The summed E-state index contributed by atoms with van der Waals surface area (Å²) < 4.78 is 18.9. The highest BCUT2D eigenvalue weighted by molar-refractivity contribution is 5.95. The molecule has 0 saturated heterocycles. The summed E-state index contributed by atoms with van der Waals surface area (Å²) in [4.78, 5) is 24.8. The van der Waals surface area contributed by atoms with E-state index in [1.807, 2.05) is 31.2 Å². The fourth-order valence-corrected chi connectivity index (χ4v) is 3.12. The van der Waals surface area contributed by atoms with E-state index < -0.39 is 23.7 Å². The molecule has 0 aliphatic carbocycles. The number of hydrogen-bond acceptors (Lipinski definition) is 7. The number of nitriles is 1. The highest BCUT2D eigenvalue weighted by Gasteiger charge is 2.21. The summed E-state index contributed by atoms with van der Waals surface area (Å²) in [5, 5.41) is 16.3. The van der Waals surface area contributed by atoms with Crippen LogP contribution in [-0.4, -0.2) is 37.0 Å². The fourth-order valence-electron chi connectivity index (χ4n) is 3.12. The third-order valence-corrected chi connectivity index (χ3v) is 5.05. The SMILES string of the molecule is CCc1ccc(C(C#N)NC(=O)C2=CN(CCNC(=O)c3cc(OC)ccc3F)NN2)cc1. The van der Waals surface area contributed by atoms with Crippen LogP contribution >= 0.6 is 0 Å². The zero-order chi connectivity index (χ0) is 23.8. The molecule has 0 spiro atoms. The lowest BCUT2D eigenvalue weighted by Crippen LogP contribution is -2.42. The number of halogens is 1. The van der Waals surface area contributed by atoms with Crippen LogP contribution in [0.3, 0.4) is 0 Å². The van der Waals surface area contributed by atoms with Gasteiger partial charge in [0, 0.05) is 12.7 Å². The number of ether oxygens (including phenoxy) is 1. The second kappa shape index (κ2) is 11.0. The average Bonchev–Trinajstić information content (AvgIpc) is 3.32. The molecule has 1 atom stereocenters. The summed E-state index contributed by atoms with van der Waals surface area (Å²) in [5.74, 6) is -1.31. The Hall–Kier alpha value is -4.10. The number of hydrazine groups is 2.